The SMILES string of the molecule is c1ccc(-c2cccc(N(c3ccc(-c4cccc5oc(-c6ccccc6)nc45)cc3)c3cccc(-c4cccc5ccccc45)c3)c2)cc1. The van der Waals surface area contributed by atoms with Gasteiger partial charge in [0.05, 0.1) is 0 Å². The second-order valence-corrected chi connectivity index (χ2v) is 12.4. The third kappa shape index (κ3) is 5.51. The van der Waals surface area contributed by atoms with Gasteiger partial charge in [0.1, 0.15) is 5.52 Å². The van der Waals surface area contributed by atoms with E-state index >= 15 is 0 Å². The van der Waals surface area contributed by atoms with Gasteiger partial charge in [0, 0.05) is 28.2 Å². The average Bonchev–Trinajstić information content (AvgIpc) is 3.64. The smallest absolute Gasteiger partial charge is 0.227 e. The minimum Gasteiger partial charge on any atom is -0.436 e. The van der Waals surface area contributed by atoms with Crippen molar-refractivity contribution in [2.24, 2.45) is 0 Å². The molecule has 50 heavy (non-hydrogen) atoms. The van der Waals surface area contributed by atoms with E-state index in [0.29, 0.717) is 5.89 Å². The van der Waals surface area contributed by atoms with Crippen LogP contribution in [0.1, 0.15) is 0 Å². The fourth-order valence-electron chi connectivity index (χ4n) is 6.87. The van der Waals surface area contributed by atoms with Crippen molar-refractivity contribution in [2.75, 3.05) is 4.90 Å². The predicted molar refractivity (Wildman–Crippen MR) is 208 cm³/mol. The van der Waals surface area contributed by atoms with Gasteiger partial charge in [-0.1, -0.05) is 140 Å². The minimum atomic E-state index is 0.625. The largest absolute Gasteiger partial charge is 0.436 e. The Bertz CT molecular complexity index is 2580. The standard InChI is InChI=1S/C47H32N2O/c1-3-13-33(14-4-1)37-19-9-21-40(31-37)49(41-22-10-20-38(32-41)43-24-11-18-34-15-7-8-23-42(34)43)39-29-27-35(28-30-39)44-25-12-26-45-46(44)48-47(50-45)36-16-5-2-6-17-36/h1-32H. The topological polar surface area (TPSA) is 29.3 Å². The molecule has 9 rings (SSSR count). The number of hydrogen-bond donors (Lipinski definition) is 0. The molecule has 0 aliphatic carbocycles. The summed E-state index contributed by atoms with van der Waals surface area (Å²) in [5.74, 6) is 0.625. The lowest BCUT2D eigenvalue weighted by Crippen LogP contribution is -2.10. The number of fused-ring (bicyclic) bond motifs is 2. The highest BCUT2D eigenvalue weighted by atomic mass is 16.3. The molecule has 0 saturated heterocycles. The highest BCUT2D eigenvalue weighted by molar-refractivity contribution is 5.98. The van der Waals surface area contributed by atoms with Crippen LogP contribution in [0.25, 0.3) is 66.7 Å². The molecule has 0 amide bonds. The van der Waals surface area contributed by atoms with Crippen molar-refractivity contribution in [3.63, 3.8) is 0 Å². The highest BCUT2D eigenvalue weighted by Gasteiger charge is 2.17. The first kappa shape index (κ1) is 29.4. The lowest BCUT2D eigenvalue weighted by molar-refractivity contribution is 0.620. The number of anilines is 3. The predicted octanol–water partition coefficient (Wildman–Crippen LogP) is 13.1. The molecule has 0 bridgehead atoms. The van der Waals surface area contributed by atoms with Crippen molar-refractivity contribution < 1.29 is 4.42 Å². The van der Waals surface area contributed by atoms with Crippen molar-refractivity contribution in [2.45, 2.75) is 0 Å². The molecule has 0 spiro atoms. The van der Waals surface area contributed by atoms with Crippen LogP contribution in [0.4, 0.5) is 17.1 Å². The van der Waals surface area contributed by atoms with Crippen molar-refractivity contribution >= 4 is 38.9 Å². The first-order chi connectivity index (χ1) is 24.8. The number of oxazole rings is 1. The highest BCUT2D eigenvalue weighted by Crippen LogP contribution is 2.40. The van der Waals surface area contributed by atoms with Crippen molar-refractivity contribution in [3.05, 3.63) is 194 Å². The van der Waals surface area contributed by atoms with Crippen LogP contribution in [0.5, 0.6) is 0 Å². The van der Waals surface area contributed by atoms with E-state index in [9.17, 15) is 0 Å². The molecule has 0 unspecified atom stereocenters. The maximum Gasteiger partial charge on any atom is 0.227 e. The molecular formula is C47H32N2O. The number of rotatable bonds is 7. The molecule has 0 aliphatic heterocycles. The van der Waals surface area contributed by atoms with Crippen LogP contribution in [0.3, 0.4) is 0 Å². The average molecular weight is 641 g/mol. The molecule has 0 fully saturated rings. The Hall–Kier alpha value is -6.71. The van der Waals surface area contributed by atoms with Gasteiger partial charge < -0.3 is 9.32 Å². The Morgan fingerprint density at radius 1 is 0.380 bits per heavy atom. The monoisotopic (exact) mass is 640 g/mol. The fourth-order valence-corrected chi connectivity index (χ4v) is 6.87. The van der Waals surface area contributed by atoms with Crippen LogP contribution < -0.4 is 4.90 Å². The fraction of sp³-hybridized carbons (Fsp3) is 0. The van der Waals surface area contributed by atoms with Crippen molar-refractivity contribution in [3.8, 4) is 44.8 Å². The molecule has 0 saturated carbocycles. The molecular weight excluding hydrogens is 609 g/mol. The van der Waals surface area contributed by atoms with Gasteiger partial charge in [-0.05, 0) is 93.2 Å². The maximum atomic E-state index is 6.20. The van der Waals surface area contributed by atoms with E-state index in [1.165, 1.54) is 33.0 Å². The Morgan fingerprint density at radius 3 is 1.74 bits per heavy atom. The molecule has 1 aromatic heterocycles. The zero-order valence-electron chi connectivity index (χ0n) is 27.3. The summed E-state index contributed by atoms with van der Waals surface area (Å²) < 4.78 is 6.20. The molecule has 1 heterocycles. The van der Waals surface area contributed by atoms with Gasteiger partial charge in [0.2, 0.25) is 5.89 Å². The summed E-state index contributed by atoms with van der Waals surface area (Å²) in [6, 6.07) is 68.2. The van der Waals surface area contributed by atoms with E-state index in [2.05, 4.69) is 157 Å². The Balaban J connectivity index is 1.15. The van der Waals surface area contributed by atoms with Crippen LogP contribution in [0.2, 0.25) is 0 Å². The second kappa shape index (κ2) is 12.7. The Kier molecular flexibility index (Phi) is 7.49. The van der Waals surface area contributed by atoms with Crippen LogP contribution in [-0.4, -0.2) is 4.98 Å². The van der Waals surface area contributed by atoms with Gasteiger partial charge in [-0.3, -0.25) is 0 Å². The maximum absolute atomic E-state index is 6.20. The minimum absolute atomic E-state index is 0.625. The lowest BCUT2D eigenvalue weighted by atomic mass is 9.97. The number of benzene rings is 8. The number of hydrogen-bond acceptors (Lipinski definition) is 3. The third-order valence-electron chi connectivity index (χ3n) is 9.29. The molecule has 0 N–H and O–H groups in total. The number of para-hydroxylation sites is 1. The summed E-state index contributed by atoms with van der Waals surface area (Å²) in [6.45, 7) is 0. The van der Waals surface area contributed by atoms with Gasteiger partial charge in [-0.15, -0.1) is 0 Å². The van der Waals surface area contributed by atoms with E-state index < -0.39 is 0 Å². The van der Waals surface area contributed by atoms with E-state index in [1.54, 1.807) is 0 Å². The van der Waals surface area contributed by atoms with E-state index in [0.717, 1.165) is 44.9 Å². The zero-order valence-corrected chi connectivity index (χ0v) is 27.3. The van der Waals surface area contributed by atoms with Crippen LogP contribution >= 0.6 is 0 Å². The molecule has 3 nitrogen and oxygen atoms in total. The molecule has 8 aromatic carbocycles. The van der Waals surface area contributed by atoms with Gasteiger partial charge >= 0.3 is 0 Å². The third-order valence-corrected chi connectivity index (χ3v) is 9.29. The van der Waals surface area contributed by atoms with Crippen LogP contribution in [0, 0.1) is 0 Å². The van der Waals surface area contributed by atoms with Gasteiger partial charge in [-0.2, -0.15) is 0 Å². The van der Waals surface area contributed by atoms with Crippen molar-refractivity contribution in [1.82, 2.24) is 4.98 Å². The van der Waals surface area contributed by atoms with Crippen molar-refractivity contribution in [1.29, 1.82) is 0 Å². The summed E-state index contributed by atoms with van der Waals surface area (Å²) >= 11 is 0. The summed E-state index contributed by atoms with van der Waals surface area (Å²) in [4.78, 5) is 7.28. The molecule has 3 heteroatoms. The second-order valence-electron chi connectivity index (χ2n) is 12.4. The van der Waals surface area contributed by atoms with E-state index in [-0.39, 0.29) is 0 Å². The summed E-state index contributed by atoms with van der Waals surface area (Å²) in [5.41, 5.74) is 12.7. The van der Waals surface area contributed by atoms with Gasteiger partial charge in [0.25, 0.3) is 0 Å². The number of aromatic nitrogens is 1. The number of nitrogens with zero attached hydrogens (tertiary/aromatic N) is 2. The Labute approximate surface area is 291 Å². The molecule has 236 valence electrons. The molecule has 0 atom stereocenters. The lowest BCUT2D eigenvalue weighted by Gasteiger charge is -2.27. The first-order valence-electron chi connectivity index (χ1n) is 16.9. The summed E-state index contributed by atoms with van der Waals surface area (Å²) in [7, 11) is 0. The van der Waals surface area contributed by atoms with Crippen LogP contribution in [0.15, 0.2) is 199 Å². The van der Waals surface area contributed by atoms with E-state index in [1.807, 2.05) is 42.5 Å². The normalized spacial score (nSPS) is 11.2. The molecule has 0 aliphatic rings. The molecule has 9 aromatic rings. The molecule has 0 radical (unpaired) electrons. The Morgan fingerprint density at radius 2 is 0.960 bits per heavy atom. The van der Waals surface area contributed by atoms with E-state index in [4.69, 9.17) is 9.40 Å². The summed E-state index contributed by atoms with van der Waals surface area (Å²) in [5, 5.41) is 2.48. The quantitative estimate of drug-likeness (QED) is 0.174. The summed E-state index contributed by atoms with van der Waals surface area (Å²) in [6.07, 6.45) is 0. The van der Waals surface area contributed by atoms with Crippen LogP contribution in [-0.2, 0) is 0 Å². The van der Waals surface area contributed by atoms with Gasteiger partial charge in [-0.25, -0.2) is 4.98 Å². The first-order valence-corrected chi connectivity index (χ1v) is 16.9. The zero-order chi connectivity index (χ0) is 33.3. The van der Waals surface area contributed by atoms with Gasteiger partial charge in [0.15, 0.2) is 5.58 Å².